The molecule has 5 nitrogen and oxygen atoms in total. The van der Waals surface area contributed by atoms with Crippen LogP contribution in [-0.2, 0) is 17.6 Å². The summed E-state index contributed by atoms with van der Waals surface area (Å²) in [7, 11) is 1.27. The Balaban J connectivity index is 2.25. The van der Waals surface area contributed by atoms with Gasteiger partial charge in [0.2, 0.25) is 0 Å². The van der Waals surface area contributed by atoms with Gasteiger partial charge in [0.1, 0.15) is 31.9 Å². The molecule has 0 amide bonds. The molecule has 0 saturated carbocycles. The van der Waals surface area contributed by atoms with Crippen molar-refractivity contribution in [3.8, 4) is 23.0 Å². The Labute approximate surface area is 174 Å². The summed E-state index contributed by atoms with van der Waals surface area (Å²) >= 11 is 0. The summed E-state index contributed by atoms with van der Waals surface area (Å²) in [6.45, 7) is 6.03. The Morgan fingerprint density at radius 3 is 2.27 bits per heavy atom. The van der Waals surface area contributed by atoms with Crippen molar-refractivity contribution in [1.29, 1.82) is 0 Å². The molecule has 30 heavy (non-hydrogen) atoms. The van der Waals surface area contributed by atoms with E-state index >= 15 is 0 Å². The Hall–Kier alpha value is -2.99. The number of aromatic nitrogens is 1. The third-order valence-electron chi connectivity index (χ3n) is 3.72. The highest BCUT2D eigenvalue weighted by atomic mass is 28.3. The lowest BCUT2D eigenvalue weighted by Crippen LogP contribution is -2.16. The van der Waals surface area contributed by atoms with Crippen molar-refractivity contribution in [2.45, 2.75) is 32.4 Å². The highest BCUT2D eigenvalue weighted by Crippen LogP contribution is 2.29. The van der Waals surface area contributed by atoms with Gasteiger partial charge in [0, 0.05) is 5.56 Å². The lowest BCUT2D eigenvalue weighted by Gasteiger charge is -2.11. The molecule has 0 spiro atoms. The highest BCUT2D eigenvalue weighted by molar-refractivity contribution is 6.83. The number of alkyl halides is 3. The van der Waals surface area contributed by atoms with E-state index in [4.69, 9.17) is 14.3 Å². The first kappa shape index (κ1) is 23.3. The second kappa shape index (κ2) is 9.67. The number of methoxy groups -OCH3 is 2. The van der Waals surface area contributed by atoms with Gasteiger partial charge in [-0.05, 0) is 24.3 Å². The van der Waals surface area contributed by atoms with Crippen molar-refractivity contribution in [2.24, 2.45) is 5.16 Å². The first-order chi connectivity index (χ1) is 14.0. The van der Waals surface area contributed by atoms with Crippen LogP contribution in [0.2, 0.25) is 19.6 Å². The molecule has 0 atom stereocenters. The normalized spacial score (nSPS) is 11.7. The minimum Gasteiger partial charge on any atom is -0.496 e. The number of hydrogen-bond donors (Lipinski definition) is 0. The van der Waals surface area contributed by atoms with Gasteiger partial charge < -0.3 is 14.3 Å². The fourth-order valence-electron chi connectivity index (χ4n) is 2.36. The first-order valence-electron chi connectivity index (χ1n) is 9.01. The van der Waals surface area contributed by atoms with Crippen LogP contribution in [0.3, 0.4) is 0 Å². The predicted molar refractivity (Wildman–Crippen MR) is 111 cm³/mol. The van der Waals surface area contributed by atoms with Crippen molar-refractivity contribution < 1.29 is 27.5 Å². The van der Waals surface area contributed by atoms with Crippen molar-refractivity contribution >= 4 is 14.3 Å². The third kappa shape index (κ3) is 6.81. The van der Waals surface area contributed by atoms with Crippen LogP contribution in [-0.4, -0.2) is 33.5 Å². The van der Waals surface area contributed by atoms with Crippen LogP contribution >= 0.6 is 0 Å². The molecule has 0 radical (unpaired) electrons. The number of oxime groups is 1. The van der Waals surface area contributed by atoms with Gasteiger partial charge in [-0.25, -0.2) is 4.98 Å². The van der Waals surface area contributed by atoms with Crippen LogP contribution in [0.4, 0.5) is 13.2 Å². The molecule has 160 valence electrons. The fraction of sp³-hybridized carbons (Fsp3) is 0.333. The van der Waals surface area contributed by atoms with Crippen molar-refractivity contribution in [3.05, 3.63) is 52.8 Å². The topological polar surface area (TPSA) is 52.9 Å². The number of ether oxygens (including phenoxy) is 2. The molecule has 1 heterocycles. The minimum absolute atomic E-state index is 0.00306. The van der Waals surface area contributed by atoms with Crippen LogP contribution in [0, 0.1) is 11.5 Å². The molecule has 1 aromatic heterocycles. The summed E-state index contributed by atoms with van der Waals surface area (Å²) < 4.78 is 50.1. The standard InChI is InChI=1S/C21H23F3N2O3Si/c1-27-18-7-6-8-19(28-2)17(18)14-29-25-13-16-11-15(9-10-30(3,4)5)12-20(26-16)21(22,23)24/h6-8,11-13H,14H2,1-5H3. The molecule has 2 rings (SSSR count). The van der Waals surface area contributed by atoms with E-state index in [-0.39, 0.29) is 17.9 Å². The van der Waals surface area contributed by atoms with Crippen LogP contribution in [0.1, 0.15) is 22.5 Å². The van der Waals surface area contributed by atoms with Crippen molar-refractivity contribution in [1.82, 2.24) is 4.98 Å². The zero-order valence-corrected chi connectivity index (χ0v) is 18.4. The number of halogens is 3. The van der Waals surface area contributed by atoms with E-state index in [1.54, 1.807) is 18.2 Å². The van der Waals surface area contributed by atoms with E-state index in [0.29, 0.717) is 17.1 Å². The van der Waals surface area contributed by atoms with E-state index < -0.39 is 19.9 Å². The molecule has 0 unspecified atom stereocenters. The van der Waals surface area contributed by atoms with Gasteiger partial charge in [0.15, 0.2) is 0 Å². The van der Waals surface area contributed by atoms with E-state index in [1.165, 1.54) is 20.3 Å². The van der Waals surface area contributed by atoms with Crippen molar-refractivity contribution in [3.63, 3.8) is 0 Å². The Kier molecular flexibility index (Phi) is 7.51. The number of hydrogen-bond acceptors (Lipinski definition) is 5. The predicted octanol–water partition coefficient (Wildman–Crippen LogP) is 4.90. The quantitative estimate of drug-likeness (QED) is 0.280. The van der Waals surface area contributed by atoms with Crippen LogP contribution in [0.15, 0.2) is 35.5 Å². The van der Waals surface area contributed by atoms with Gasteiger partial charge >= 0.3 is 6.18 Å². The summed E-state index contributed by atoms with van der Waals surface area (Å²) in [5.41, 5.74) is 2.87. The van der Waals surface area contributed by atoms with E-state index in [1.807, 2.05) is 19.6 Å². The monoisotopic (exact) mass is 436 g/mol. The zero-order chi connectivity index (χ0) is 22.4. The molecule has 0 saturated heterocycles. The maximum absolute atomic E-state index is 13.2. The van der Waals surface area contributed by atoms with Crippen LogP contribution in [0.5, 0.6) is 11.5 Å². The van der Waals surface area contributed by atoms with Gasteiger partial charge in [0.25, 0.3) is 0 Å². The molecule has 0 N–H and O–H groups in total. The summed E-state index contributed by atoms with van der Waals surface area (Å²) in [5, 5.41) is 3.76. The maximum Gasteiger partial charge on any atom is 0.433 e. The smallest absolute Gasteiger partial charge is 0.433 e. The highest BCUT2D eigenvalue weighted by Gasteiger charge is 2.33. The van der Waals surface area contributed by atoms with E-state index in [0.717, 1.165) is 12.3 Å². The lowest BCUT2D eigenvalue weighted by atomic mass is 10.2. The van der Waals surface area contributed by atoms with Gasteiger partial charge in [-0.15, -0.1) is 5.54 Å². The second-order valence-electron chi connectivity index (χ2n) is 7.31. The second-order valence-corrected chi connectivity index (χ2v) is 12.1. The Morgan fingerprint density at radius 2 is 1.73 bits per heavy atom. The Morgan fingerprint density at radius 1 is 1.10 bits per heavy atom. The molecule has 9 heteroatoms. The third-order valence-corrected chi connectivity index (χ3v) is 4.59. The molecule has 0 aliphatic rings. The molecule has 2 aromatic rings. The molecule has 1 aromatic carbocycles. The molecule has 0 fully saturated rings. The summed E-state index contributed by atoms with van der Waals surface area (Å²) in [5.74, 6) is 3.91. The summed E-state index contributed by atoms with van der Waals surface area (Å²) in [6.07, 6.45) is -3.47. The number of nitrogens with zero attached hydrogens (tertiary/aromatic N) is 2. The first-order valence-corrected chi connectivity index (χ1v) is 12.5. The Bertz CT molecular complexity index is 952. The summed E-state index contributed by atoms with van der Waals surface area (Å²) in [6, 6.07) is 7.62. The van der Waals surface area contributed by atoms with Crippen molar-refractivity contribution in [2.75, 3.05) is 14.2 Å². The minimum atomic E-state index is -4.59. The number of benzene rings is 1. The van der Waals surface area contributed by atoms with E-state index in [2.05, 4.69) is 21.6 Å². The number of pyridine rings is 1. The molecule has 0 bridgehead atoms. The van der Waals surface area contributed by atoms with Crippen LogP contribution in [0.25, 0.3) is 0 Å². The van der Waals surface area contributed by atoms with E-state index in [9.17, 15) is 13.2 Å². The van der Waals surface area contributed by atoms with Gasteiger partial charge in [-0.2, -0.15) is 13.2 Å². The number of rotatable bonds is 6. The van der Waals surface area contributed by atoms with Gasteiger partial charge in [0.05, 0.1) is 31.7 Å². The summed E-state index contributed by atoms with van der Waals surface area (Å²) in [4.78, 5) is 8.85. The zero-order valence-electron chi connectivity index (χ0n) is 17.4. The largest absolute Gasteiger partial charge is 0.496 e. The SMILES string of the molecule is COc1cccc(OC)c1CON=Cc1cc(C#C[Si](C)(C)C)cc(C(F)(F)F)n1. The van der Waals surface area contributed by atoms with Gasteiger partial charge in [-0.1, -0.05) is 36.8 Å². The van der Waals surface area contributed by atoms with Gasteiger partial charge in [-0.3, -0.25) is 0 Å². The fourth-order valence-corrected chi connectivity index (χ4v) is 2.88. The molecular weight excluding hydrogens is 413 g/mol. The molecular formula is C21H23F3N2O3Si. The average Bonchev–Trinajstić information content (AvgIpc) is 2.68. The molecule has 0 aliphatic heterocycles. The van der Waals surface area contributed by atoms with Crippen LogP contribution < -0.4 is 9.47 Å². The average molecular weight is 437 g/mol. The maximum atomic E-state index is 13.2. The molecule has 0 aliphatic carbocycles. The lowest BCUT2D eigenvalue weighted by molar-refractivity contribution is -0.141.